The fourth-order valence-corrected chi connectivity index (χ4v) is 5.66. The molecule has 2 N–H and O–H groups in total. The summed E-state index contributed by atoms with van der Waals surface area (Å²) in [6.45, 7) is 3.66. The molecule has 10 heteroatoms. The Morgan fingerprint density at radius 2 is 1.91 bits per heavy atom. The SMILES string of the molecule is Cc1cc(S(=O)(=O)N2CCCC2)ccc1OCC(=O)NCCNc1ccnc2cc(Cl)ccc12. The van der Waals surface area contributed by atoms with Crippen molar-refractivity contribution in [1.82, 2.24) is 14.6 Å². The predicted octanol–water partition coefficient (Wildman–Crippen LogP) is 3.59. The van der Waals surface area contributed by atoms with Crippen LogP contribution in [0.2, 0.25) is 5.02 Å². The molecule has 1 saturated heterocycles. The van der Waals surface area contributed by atoms with Crippen LogP contribution in [0.3, 0.4) is 0 Å². The van der Waals surface area contributed by atoms with Crippen LogP contribution in [-0.4, -0.2) is 56.4 Å². The Balaban J connectivity index is 1.25. The van der Waals surface area contributed by atoms with E-state index >= 15 is 0 Å². The van der Waals surface area contributed by atoms with E-state index in [4.69, 9.17) is 16.3 Å². The van der Waals surface area contributed by atoms with Gasteiger partial charge in [-0.25, -0.2) is 8.42 Å². The smallest absolute Gasteiger partial charge is 0.258 e. The molecule has 4 rings (SSSR count). The van der Waals surface area contributed by atoms with Gasteiger partial charge < -0.3 is 15.4 Å². The first-order chi connectivity index (χ1) is 16.3. The lowest BCUT2D eigenvalue weighted by molar-refractivity contribution is -0.123. The number of benzene rings is 2. The van der Waals surface area contributed by atoms with Gasteiger partial charge in [-0.1, -0.05) is 11.6 Å². The Kier molecular flexibility index (Phi) is 7.55. The molecule has 34 heavy (non-hydrogen) atoms. The lowest BCUT2D eigenvalue weighted by atomic mass is 10.2. The fraction of sp³-hybridized carbons (Fsp3) is 0.333. The molecule has 180 valence electrons. The molecule has 1 aliphatic rings. The van der Waals surface area contributed by atoms with Gasteiger partial charge in [0.2, 0.25) is 10.0 Å². The Bertz CT molecular complexity index is 1290. The Hall–Kier alpha value is -2.88. The summed E-state index contributed by atoms with van der Waals surface area (Å²) < 4.78 is 32.5. The minimum Gasteiger partial charge on any atom is -0.484 e. The number of sulfonamides is 1. The van der Waals surface area contributed by atoms with Crippen molar-refractivity contribution < 1.29 is 17.9 Å². The largest absolute Gasteiger partial charge is 0.484 e. The second kappa shape index (κ2) is 10.6. The van der Waals surface area contributed by atoms with Crippen molar-refractivity contribution in [2.45, 2.75) is 24.7 Å². The zero-order valence-corrected chi connectivity index (χ0v) is 20.5. The molecule has 1 amide bonds. The molecule has 2 heterocycles. The predicted molar refractivity (Wildman–Crippen MR) is 133 cm³/mol. The number of halogens is 1. The van der Waals surface area contributed by atoms with Gasteiger partial charge in [0.1, 0.15) is 5.75 Å². The molecule has 0 radical (unpaired) electrons. The highest BCUT2D eigenvalue weighted by molar-refractivity contribution is 7.89. The number of nitrogens with one attached hydrogen (secondary N) is 2. The van der Waals surface area contributed by atoms with Gasteiger partial charge in [0.15, 0.2) is 6.61 Å². The number of hydrogen-bond acceptors (Lipinski definition) is 6. The fourth-order valence-electron chi connectivity index (χ4n) is 3.89. The second-order valence-electron chi connectivity index (χ2n) is 8.12. The van der Waals surface area contributed by atoms with E-state index in [0.29, 0.717) is 42.5 Å². The van der Waals surface area contributed by atoms with E-state index in [9.17, 15) is 13.2 Å². The number of rotatable bonds is 9. The topological polar surface area (TPSA) is 101 Å². The number of fused-ring (bicyclic) bond motifs is 1. The van der Waals surface area contributed by atoms with Gasteiger partial charge in [0, 0.05) is 48.5 Å². The van der Waals surface area contributed by atoms with Crippen LogP contribution >= 0.6 is 11.6 Å². The minimum absolute atomic E-state index is 0.157. The summed E-state index contributed by atoms with van der Waals surface area (Å²) in [6.07, 6.45) is 3.48. The standard InChI is InChI=1S/C24H27ClN4O4S/c1-17-14-19(34(31,32)29-12-2-3-13-29)5-7-23(17)33-16-24(30)28-11-10-27-21-8-9-26-22-15-18(25)4-6-20(21)22/h4-9,14-15H,2-3,10-13,16H2,1H3,(H,26,27)(H,28,30). The molecule has 0 aliphatic carbocycles. The summed E-state index contributed by atoms with van der Waals surface area (Å²) in [6, 6.07) is 12.1. The Morgan fingerprint density at radius 1 is 1.12 bits per heavy atom. The van der Waals surface area contributed by atoms with E-state index in [-0.39, 0.29) is 17.4 Å². The molecular formula is C24H27ClN4O4S. The van der Waals surface area contributed by atoms with Gasteiger partial charge >= 0.3 is 0 Å². The lowest BCUT2D eigenvalue weighted by Crippen LogP contribution is -2.32. The number of hydrogen-bond donors (Lipinski definition) is 2. The molecule has 1 aromatic heterocycles. The number of anilines is 1. The monoisotopic (exact) mass is 502 g/mol. The van der Waals surface area contributed by atoms with Crippen LogP contribution in [0.15, 0.2) is 53.6 Å². The van der Waals surface area contributed by atoms with Gasteiger partial charge in [-0.05, 0) is 67.8 Å². The third kappa shape index (κ3) is 5.60. The van der Waals surface area contributed by atoms with Crippen molar-refractivity contribution in [2.24, 2.45) is 0 Å². The first-order valence-electron chi connectivity index (χ1n) is 11.1. The summed E-state index contributed by atoms with van der Waals surface area (Å²) in [4.78, 5) is 16.8. The van der Waals surface area contributed by atoms with Crippen LogP contribution in [0.1, 0.15) is 18.4 Å². The van der Waals surface area contributed by atoms with Crippen molar-refractivity contribution in [3.63, 3.8) is 0 Å². The number of aryl methyl sites for hydroxylation is 1. The van der Waals surface area contributed by atoms with E-state index in [1.54, 1.807) is 31.3 Å². The normalized spacial score (nSPS) is 14.3. The van der Waals surface area contributed by atoms with E-state index in [2.05, 4.69) is 15.6 Å². The maximum Gasteiger partial charge on any atom is 0.258 e. The van der Waals surface area contributed by atoms with Crippen LogP contribution in [-0.2, 0) is 14.8 Å². The number of aromatic nitrogens is 1. The molecular weight excluding hydrogens is 476 g/mol. The third-order valence-corrected chi connectivity index (χ3v) is 7.81. The van der Waals surface area contributed by atoms with Crippen molar-refractivity contribution in [3.8, 4) is 5.75 Å². The third-order valence-electron chi connectivity index (χ3n) is 5.68. The summed E-state index contributed by atoms with van der Waals surface area (Å²) >= 11 is 6.02. The number of ether oxygens (including phenoxy) is 1. The van der Waals surface area contributed by atoms with Gasteiger partial charge in [0.05, 0.1) is 10.4 Å². The summed E-state index contributed by atoms with van der Waals surface area (Å²) in [5.41, 5.74) is 2.37. The van der Waals surface area contributed by atoms with Gasteiger partial charge in [-0.3, -0.25) is 9.78 Å². The quantitative estimate of drug-likeness (QED) is 0.434. The van der Waals surface area contributed by atoms with E-state index < -0.39 is 10.0 Å². The molecule has 0 unspecified atom stereocenters. The van der Waals surface area contributed by atoms with Crippen molar-refractivity contribution in [2.75, 3.05) is 38.1 Å². The molecule has 2 aromatic carbocycles. The average Bonchev–Trinajstić information content (AvgIpc) is 3.37. The van der Waals surface area contributed by atoms with Gasteiger partial charge in [-0.2, -0.15) is 4.31 Å². The van der Waals surface area contributed by atoms with Crippen molar-refractivity contribution in [1.29, 1.82) is 0 Å². The minimum atomic E-state index is -3.48. The van der Waals surface area contributed by atoms with Crippen LogP contribution in [0.4, 0.5) is 5.69 Å². The number of carbonyl (C=O) groups excluding carboxylic acids is 1. The van der Waals surface area contributed by atoms with Crippen LogP contribution in [0, 0.1) is 6.92 Å². The number of amides is 1. The van der Waals surface area contributed by atoms with E-state index in [1.165, 1.54) is 10.4 Å². The second-order valence-corrected chi connectivity index (χ2v) is 10.5. The Morgan fingerprint density at radius 3 is 2.68 bits per heavy atom. The molecule has 1 fully saturated rings. The van der Waals surface area contributed by atoms with Crippen molar-refractivity contribution >= 4 is 44.1 Å². The van der Waals surface area contributed by atoms with Crippen LogP contribution in [0.5, 0.6) is 5.75 Å². The van der Waals surface area contributed by atoms with Crippen LogP contribution in [0.25, 0.3) is 10.9 Å². The molecule has 3 aromatic rings. The number of pyridine rings is 1. The lowest BCUT2D eigenvalue weighted by Gasteiger charge is -2.17. The maximum atomic E-state index is 12.7. The number of carbonyl (C=O) groups is 1. The first kappa shape index (κ1) is 24.3. The zero-order valence-electron chi connectivity index (χ0n) is 18.9. The molecule has 0 saturated carbocycles. The van der Waals surface area contributed by atoms with Gasteiger partial charge in [0.25, 0.3) is 5.91 Å². The maximum absolute atomic E-state index is 12.7. The number of nitrogens with zero attached hydrogens (tertiary/aromatic N) is 2. The average molecular weight is 503 g/mol. The van der Waals surface area contributed by atoms with E-state index in [1.807, 2.05) is 18.2 Å². The van der Waals surface area contributed by atoms with E-state index in [0.717, 1.165) is 29.4 Å². The summed E-state index contributed by atoms with van der Waals surface area (Å²) in [7, 11) is -3.48. The molecule has 0 bridgehead atoms. The molecule has 0 spiro atoms. The summed E-state index contributed by atoms with van der Waals surface area (Å²) in [5, 5.41) is 7.67. The molecule has 8 nitrogen and oxygen atoms in total. The highest BCUT2D eigenvalue weighted by atomic mass is 35.5. The van der Waals surface area contributed by atoms with Crippen molar-refractivity contribution in [3.05, 3.63) is 59.2 Å². The van der Waals surface area contributed by atoms with Gasteiger partial charge in [-0.15, -0.1) is 0 Å². The molecule has 0 atom stereocenters. The highest BCUT2D eigenvalue weighted by Gasteiger charge is 2.27. The summed E-state index contributed by atoms with van der Waals surface area (Å²) in [5.74, 6) is 0.219. The first-order valence-corrected chi connectivity index (χ1v) is 12.9. The van der Waals surface area contributed by atoms with Crippen LogP contribution < -0.4 is 15.4 Å². The molecule has 1 aliphatic heterocycles. The zero-order chi connectivity index (χ0) is 24.1. The highest BCUT2D eigenvalue weighted by Crippen LogP contribution is 2.26. The Labute approximate surface area is 204 Å².